The number of hydrogen-bond acceptors (Lipinski definition) is 5. The second kappa shape index (κ2) is 12.8. The molecule has 0 spiro atoms. The Morgan fingerprint density at radius 1 is 0.711 bits per heavy atom. The molecule has 1 aliphatic heterocycles. The van der Waals surface area contributed by atoms with Crippen LogP contribution in [-0.4, -0.2) is 61.6 Å². The first-order valence-electron chi connectivity index (χ1n) is 14.6. The minimum absolute atomic E-state index is 0.0564. The summed E-state index contributed by atoms with van der Waals surface area (Å²) in [5, 5.41) is 7.27. The average Bonchev–Trinajstić information content (AvgIpc) is 2.97. The maximum atomic E-state index is 13.2. The lowest BCUT2D eigenvalue weighted by Crippen LogP contribution is -2.41. The Morgan fingerprint density at radius 3 is 1.89 bits per heavy atom. The van der Waals surface area contributed by atoms with Crippen LogP contribution in [0.5, 0.6) is 0 Å². The molecule has 0 aromatic heterocycles. The molecule has 1 saturated heterocycles. The number of unbranched alkanes of at least 4 members (excludes halogenated alkanes) is 1. The second-order valence-electron chi connectivity index (χ2n) is 11.3. The van der Waals surface area contributed by atoms with Crippen LogP contribution in [0.1, 0.15) is 100.0 Å². The SMILES string of the molecule is O=C1c2ccccc2C(=O)c2cc(C(=O)N3CCC(CNCCCCNCC4CCCCC4)CC3)ccc21. The number of benzene rings is 2. The van der Waals surface area contributed by atoms with E-state index in [1.54, 1.807) is 42.5 Å². The summed E-state index contributed by atoms with van der Waals surface area (Å²) >= 11 is 0. The Morgan fingerprint density at radius 2 is 1.26 bits per heavy atom. The van der Waals surface area contributed by atoms with Crippen molar-refractivity contribution in [1.29, 1.82) is 0 Å². The number of carbonyl (C=O) groups is 3. The van der Waals surface area contributed by atoms with Crippen molar-refractivity contribution in [2.75, 3.05) is 39.3 Å². The van der Waals surface area contributed by atoms with E-state index in [1.807, 2.05) is 4.90 Å². The molecule has 5 rings (SSSR count). The first-order valence-corrected chi connectivity index (χ1v) is 14.6. The maximum Gasteiger partial charge on any atom is 0.253 e. The van der Waals surface area contributed by atoms with E-state index in [4.69, 9.17) is 0 Å². The summed E-state index contributed by atoms with van der Waals surface area (Å²) in [6.45, 7) is 5.82. The van der Waals surface area contributed by atoms with Gasteiger partial charge in [-0.2, -0.15) is 0 Å². The molecule has 6 heteroatoms. The number of ketones is 2. The van der Waals surface area contributed by atoms with E-state index in [0.29, 0.717) is 33.7 Å². The van der Waals surface area contributed by atoms with E-state index in [0.717, 1.165) is 51.5 Å². The van der Waals surface area contributed by atoms with Crippen LogP contribution in [0.2, 0.25) is 0 Å². The third-order valence-corrected chi connectivity index (χ3v) is 8.62. The molecule has 2 fully saturated rings. The monoisotopic (exact) mass is 515 g/mol. The van der Waals surface area contributed by atoms with Crippen molar-refractivity contribution < 1.29 is 14.4 Å². The van der Waals surface area contributed by atoms with Crippen molar-refractivity contribution >= 4 is 17.5 Å². The summed E-state index contributed by atoms with van der Waals surface area (Å²) in [6.07, 6.45) is 11.4. The largest absolute Gasteiger partial charge is 0.339 e. The summed E-state index contributed by atoms with van der Waals surface area (Å²) in [4.78, 5) is 41.0. The molecule has 6 nitrogen and oxygen atoms in total. The highest BCUT2D eigenvalue weighted by atomic mass is 16.2. The molecule has 1 saturated carbocycles. The highest BCUT2D eigenvalue weighted by Gasteiger charge is 2.31. The highest BCUT2D eigenvalue weighted by Crippen LogP contribution is 2.29. The number of carbonyl (C=O) groups excluding carboxylic acids is 3. The lowest BCUT2D eigenvalue weighted by molar-refractivity contribution is 0.0689. The van der Waals surface area contributed by atoms with Crippen LogP contribution in [0.25, 0.3) is 0 Å². The zero-order valence-electron chi connectivity index (χ0n) is 22.5. The fraction of sp³-hybridized carbons (Fsp3) is 0.531. The van der Waals surface area contributed by atoms with Crippen molar-refractivity contribution in [3.8, 4) is 0 Å². The van der Waals surface area contributed by atoms with Crippen LogP contribution in [0.4, 0.5) is 0 Å². The van der Waals surface area contributed by atoms with Crippen molar-refractivity contribution in [1.82, 2.24) is 15.5 Å². The molecule has 2 aromatic carbocycles. The summed E-state index contributed by atoms with van der Waals surface area (Å²) in [7, 11) is 0. The first kappa shape index (κ1) is 26.8. The highest BCUT2D eigenvalue weighted by molar-refractivity contribution is 6.28. The van der Waals surface area contributed by atoms with E-state index < -0.39 is 0 Å². The molecule has 2 aromatic rings. The van der Waals surface area contributed by atoms with E-state index in [9.17, 15) is 14.4 Å². The van der Waals surface area contributed by atoms with Gasteiger partial charge in [0.25, 0.3) is 5.91 Å². The van der Waals surface area contributed by atoms with Gasteiger partial charge in [0.05, 0.1) is 0 Å². The van der Waals surface area contributed by atoms with Crippen LogP contribution in [-0.2, 0) is 0 Å². The van der Waals surface area contributed by atoms with Gasteiger partial charge in [0.2, 0.25) is 0 Å². The van der Waals surface area contributed by atoms with Gasteiger partial charge in [-0.25, -0.2) is 0 Å². The summed E-state index contributed by atoms with van der Waals surface area (Å²) in [6, 6.07) is 11.8. The molecule has 2 N–H and O–H groups in total. The quantitative estimate of drug-likeness (QED) is 0.377. The molecule has 2 aliphatic carbocycles. The number of rotatable bonds is 10. The molecule has 0 atom stereocenters. The number of hydrogen-bond donors (Lipinski definition) is 2. The lowest BCUT2D eigenvalue weighted by atomic mass is 9.83. The Balaban J connectivity index is 1.02. The van der Waals surface area contributed by atoms with Crippen LogP contribution >= 0.6 is 0 Å². The minimum atomic E-state index is -0.186. The number of nitrogens with one attached hydrogen (secondary N) is 2. The van der Waals surface area contributed by atoms with E-state index in [-0.39, 0.29) is 17.5 Å². The Labute approximate surface area is 226 Å². The van der Waals surface area contributed by atoms with Gasteiger partial charge in [-0.3, -0.25) is 14.4 Å². The normalized spacial score (nSPS) is 18.4. The van der Waals surface area contributed by atoms with Gasteiger partial charge in [-0.05, 0) is 94.7 Å². The van der Waals surface area contributed by atoms with Crippen molar-refractivity contribution in [3.63, 3.8) is 0 Å². The molecule has 202 valence electrons. The molecule has 0 unspecified atom stereocenters. The predicted molar refractivity (Wildman–Crippen MR) is 150 cm³/mol. The van der Waals surface area contributed by atoms with Gasteiger partial charge in [0, 0.05) is 40.9 Å². The number of fused-ring (bicyclic) bond motifs is 2. The maximum absolute atomic E-state index is 13.2. The lowest BCUT2D eigenvalue weighted by Gasteiger charge is -2.32. The number of amides is 1. The van der Waals surface area contributed by atoms with Gasteiger partial charge in [0.15, 0.2) is 11.6 Å². The summed E-state index contributed by atoms with van der Waals surface area (Å²) in [5.74, 6) is 1.09. The Bertz CT molecular complexity index is 1150. The molecular formula is C32H41N3O3. The Hall–Kier alpha value is -2.83. The van der Waals surface area contributed by atoms with Gasteiger partial charge in [-0.15, -0.1) is 0 Å². The van der Waals surface area contributed by atoms with Gasteiger partial charge in [0.1, 0.15) is 0 Å². The average molecular weight is 516 g/mol. The summed E-state index contributed by atoms with van der Waals surface area (Å²) < 4.78 is 0. The second-order valence-corrected chi connectivity index (χ2v) is 11.3. The zero-order valence-corrected chi connectivity index (χ0v) is 22.5. The molecule has 0 radical (unpaired) electrons. The topological polar surface area (TPSA) is 78.5 Å². The third kappa shape index (κ3) is 6.24. The molecule has 38 heavy (non-hydrogen) atoms. The smallest absolute Gasteiger partial charge is 0.253 e. The van der Waals surface area contributed by atoms with Crippen LogP contribution in [0, 0.1) is 11.8 Å². The third-order valence-electron chi connectivity index (χ3n) is 8.62. The van der Waals surface area contributed by atoms with Crippen molar-refractivity contribution in [2.24, 2.45) is 11.8 Å². The molecular weight excluding hydrogens is 474 g/mol. The van der Waals surface area contributed by atoms with Crippen LogP contribution in [0.3, 0.4) is 0 Å². The molecule has 3 aliphatic rings. The summed E-state index contributed by atoms with van der Waals surface area (Å²) in [5.41, 5.74) is 2.06. The van der Waals surface area contributed by atoms with Gasteiger partial charge in [-0.1, -0.05) is 43.5 Å². The molecule has 1 amide bonds. The molecule has 1 heterocycles. The van der Waals surface area contributed by atoms with Crippen molar-refractivity contribution in [2.45, 2.75) is 57.8 Å². The van der Waals surface area contributed by atoms with E-state index >= 15 is 0 Å². The zero-order chi connectivity index (χ0) is 26.3. The number of likely N-dealkylation sites (tertiary alicyclic amines) is 1. The van der Waals surface area contributed by atoms with Gasteiger partial charge < -0.3 is 15.5 Å². The Kier molecular flexibility index (Phi) is 9.02. The van der Waals surface area contributed by atoms with Crippen molar-refractivity contribution in [3.05, 3.63) is 70.3 Å². The standard InChI is InChI=1S/C32H41N3O3/c36-30-26-10-4-5-11-27(26)31(37)29-20-25(12-13-28(29)30)32(38)35-18-14-24(15-19-35)22-34-17-7-6-16-33-21-23-8-2-1-3-9-23/h4-5,10-13,20,23-24,33-34H,1-3,6-9,14-19,21-22H2. The fourth-order valence-corrected chi connectivity index (χ4v) is 6.26. The van der Waals surface area contributed by atoms with Crippen LogP contribution in [0.15, 0.2) is 42.5 Å². The molecule has 0 bridgehead atoms. The van der Waals surface area contributed by atoms with E-state index in [2.05, 4.69) is 10.6 Å². The number of piperidine rings is 1. The van der Waals surface area contributed by atoms with E-state index in [1.165, 1.54) is 51.5 Å². The number of nitrogens with zero attached hydrogens (tertiary/aromatic N) is 1. The minimum Gasteiger partial charge on any atom is -0.339 e. The predicted octanol–water partition coefficient (Wildman–Crippen LogP) is 4.85. The first-order chi connectivity index (χ1) is 18.6. The van der Waals surface area contributed by atoms with Crippen LogP contribution < -0.4 is 10.6 Å². The fourth-order valence-electron chi connectivity index (χ4n) is 6.26. The van der Waals surface area contributed by atoms with Gasteiger partial charge >= 0.3 is 0 Å².